The van der Waals surface area contributed by atoms with Gasteiger partial charge in [0.1, 0.15) is 5.82 Å². The largest absolute Gasteiger partial charge is 0.365 e. The van der Waals surface area contributed by atoms with Crippen molar-refractivity contribution < 1.29 is 9.18 Å². The molecule has 2 aromatic rings. The number of rotatable bonds is 9. The molecule has 0 saturated carbocycles. The molecule has 0 unspecified atom stereocenters. The molecule has 0 aliphatic heterocycles. The molecule has 0 fully saturated rings. The predicted molar refractivity (Wildman–Crippen MR) is 117 cm³/mol. The molecule has 0 aliphatic rings. The van der Waals surface area contributed by atoms with E-state index in [0.717, 1.165) is 6.07 Å². The third-order valence-corrected chi connectivity index (χ3v) is 4.31. The number of halogens is 1. The van der Waals surface area contributed by atoms with E-state index in [0.29, 0.717) is 23.5 Å². The van der Waals surface area contributed by atoms with Crippen LogP contribution in [0.3, 0.4) is 0 Å². The van der Waals surface area contributed by atoms with Gasteiger partial charge in [-0.2, -0.15) is 0 Å². The molecule has 0 radical (unpaired) electrons. The maximum Gasteiger partial charge on any atom is 0.252 e. The number of hydrogen-bond donors (Lipinski definition) is 4. The van der Waals surface area contributed by atoms with Crippen molar-refractivity contribution >= 4 is 47.5 Å². The molecule has 2 atom stereocenters. The van der Waals surface area contributed by atoms with Crippen LogP contribution in [0, 0.1) is 5.82 Å². The van der Waals surface area contributed by atoms with Crippen molar-refractivity contribution in [3.8, 4) is 0 Å². The summed E-state index contributed by atoms with van der Waals surface area (Å²) >= 11 is 0. The van der Waals surface area contributed by atoms with Crippen molar-refractivity contribution in [2.45, 2.75) is 39.3 Å². The van der Waals surface area contributed by atoms with Crippen molar-refractivity contribution in [2.75, 3.05) is 10.6 Å². The Morgan fingerprint density at radius 3 is 2.62 bits per heavy atom. The third kappa shape index (κ3) is 5.35. The molecule has 2 rings (SSSR count). The highest BCUT2D eigenvalue weighted by Gasteiger charge is 2.19. The lowest BCUT2D eigenvalue weighted by molar-refractivity contribution is 0.100. The average molecular weight is 399 g/mol. The van der Waals surface area contributed by atoms with Crippen LogP contribution in [0.25, 0.3) is 0 Å². The van der Waals surface area contributed by atoms with Crippen molar-refractivity contribution in [1.82, 2.24) is 4.98 Å². The summed E-state index contributed by atoms with van der Waals surface area (Å²) in [7, 11) is 0. The second-order valence-corrected chi connectivity index (χ2v) is 6.47. The standard InChI is InChI=1S/C20H26FN7O/c1-5-15(11(3)22)27-20-14(21)10-13(18(23)29)19(28-20)26-12-7-8-16(24-4)17(9-12)25-6-2/h6-11,15H,4-5,22H2,1-3H3,(H2,23,29)(H2,26,27,28)/b25-6-/t11-,15+/m0/s1. The SMILES string of the molecule is C=Nc1ccc(Nc2nc(N[C@H](CC)[C@H](C)N)c(F)cc2C(N)=O)cc1/N=C\C. The number of carbonyl (C=O) groups excluding carboxylic acids is 1. The van der Waals surface area contributed by atoms with Crippen molar-refractivity contribution in [1.29, 1.82) is 0 Å². The Labute approximate surface area is 169 Å². The van der Waals surface area contributed by atoms with E-state index < -0.39 is 11.7 Å². The molecule has 0 bridgehead atoms. The van der Waals surface area contributed by atoms with Gasteiger partial charge >= 0.3 is 0 Å². The second kappa shape index (κ2) is 9.74. The van der Waals surface area contributed by atoms with Crippen LogP contribution < -0.4 is 22.1 Å². The van der Waals surface area contributed by atoms with E-state index >= 15 is 0 Å². The first-order chi connectivity index (χ1) is 13.8. The van der Waals surface area contributed by atoms with Gasteiger partial charge in [0.15, 0.2) is 11.6 Å². The van der Waals surface area contributed by atoms with Crippen LogP contribution in [0.15, 0.2) is 34.3 Å². The number of nitrogens with one attached hydrogen (secondary N) is 2. The number of anilines is 3. The van der Waals surface area contributed by atoms with Gasteiger partial charge in [-0.3, -0.25) is 14.8 Å². The summed E-state index contributed by atoms with van der Waals surface area (Å²) in [6.45, 7) is 9.05. The van der Waals surface area contributed by atoms with E-state index in [-0.39, 0.29) is 29.3 Å². The molecule has 8 nitrogen and oxygen atoms in total. The van der Waals surface area contributed by atoms with Crippen molar-refractivity contribution in [3.63, 3.8) is 0 Å². The molecular weight excluding hydrogens is 373 g/mol. The molecule has 0 saturated heterocycles. The van der Waals surface area contributed by atoms with E-state index in [1.165, 1.54) is 0 Å². The zero-order valence-corrected chi connectivity index (χ0v) is 16.7. The number of nitrogens with zero attached hydrogens (tertiary/aromatic N) is 3. The molecule has 1 heterocycles. The van der Waals surface area contributed by atoms with Crippen LogP contribution in [-0.2, 0) is 0 Å². The summed E-state index contributed by atoms with van der Waals surface area (Å²) in [6.07, 6.45) is 2.30. The van der Waals surface area contributed by atoms with Crippen LogP contribution in [0.5, 0.6) is 0 Å². The molecule has 9 heteroatoms. The molecule has 154 valence electrons. The number of benzene rings is 1. The van der Waals surface area contributed by atoms with Crippen LogP contribution in [0.2, 0.25) is 0 Å². The zero-order valence-electron chi connectivity index (χ0n) is 16.7. The Morgan fingerprint density at radius 1 is 1.34 bits per heavy atom. The first kappa shape index (κ1) is 22.0. The molecule has 1 aromatic carbocycles. The monoisotopic (exact) mass is 399 g/mol. The van der Waals surface area contributed by atoms with Gasteiger partial charge in [-0.05, 0) is 51.3 Å². The van der Waals surface area contributed by atoms with Gasteiger partial charge in [0.25, 0.3) is 5.91 Å². The lowest BCUT2D eigenvalue weighted by atomic mass is 10.1. The number of primary amides is 1. The maximum atomic E-state index is 14.5. The van der Waals surface area contributed by atoms with Crippen LogP contribution in [0.4, 0.5) is 33.1 Å². The summed E-state index contributed by atoms with van der Waals surface area (Å²) in [5.41, 5.74) is 13.0. The van der Waals surface area contributed by atoms with Gasteiger partial charge in [-0.15, -0.1) is 0 Å². The third-order valence-electron chi connectivity index (χ3n) is 4.31. The van der Waals surface area contributed by atoms with E-state index in [1.54, 1.807) is 31.3 Å². The molecular formula is C20H26FN7O. The number of carbonyl (C=O) groups is 1. The Kier molecular flexibility index (Phi) is 7.38. The zero-order chi connectivity index (χ0) is 21.6. The Balaban J connectivity index is 2.47. The maximum absolute atomic E-state index is 14.5. The summed E-state index contributed by atoms with van der Waals surface area (Å²) in [4.78, 5) is 24.2. The Bertz CT molecular complexity index is 927. The minimum absolute atomic E-state index is 0.0159. The smallest absolute Gasteiger partial charge is 0.252 e. The highest BCUT2D eigenvalue weighted by Crippen LogP contribution is 2.32. The first-order valence-corrected chi connectivity index (χ1v) is 9.19. The van der Waals surface area contributed by atoms with Gasteiger partial charge in [0, 0.05) is 24.0 Å². The van der Waals surface area contributed by atoms with Crippen LogP contribution >= 0.6 is 0 Å². The van der Waals surface area contributed by atoms with E-state index in [4.69, 9.17) is 11.5 Å². The fraction of sp³-hybridized carbons (Fsp3) is 0.300. The number of pyridine rings is 1. The summed E-state index contributed by atoms with van der Waals surface area (Å²) in [5, 5.41) is 5.99. The average Bonchev–Trinajstić information content (AvgIpc) is 2.68. The fourth-order valence-corrected chi connectivity index (χ4v) is 2.77. The summed E-state index contributed by atoms with van der Waals surface area (Å²) < 4.78 is 14.5. The Hall–Kier alpha value is -3.33. The van der Waals surface area contributed by atoms with Gasteiger partial charge in [-0.1, -0.05) is 6.92 Å². The normalized spacial score (nSPS) is 13.1. The van der Waals surface area contributed by atoms with E-state index in [9.17, 15) is 9.18 Å². The minimum Gasteiger partial charge on any atom is -0.365 e. The minimum atomic E-state index is -0.805. The fourth-order valence-electron chi connectivity index (χ4n) is 2.77. The molecule has 29 heavy (non-hydrogen) atoms. The molecule has 0 spiro atoms. The molecule has 0 aliphatic carbocycles. The molecule has 1 amide bonds. The first-order valence-electron chi connectivity index (χ1n) is 9.19. The number of aliphatic imine (C=N–C) groups is 2. The predicted octanol–water partition coefficient (Wildman–Crippen LogP) is 3.66. The number of aromatic nitrogens is 1. The van der Waals surface area contributed by atoms with E-state index in [2.05, 4.69) is 32.3 Å². The quantitative estimate of drug-likeness (QED) is 0.478. The number of amides is 1. The lowest BCUT2D eigenvalue weighted by Crippen LogP contribution is -2.38. The number of hydrogen-bond acceptors (Lipinski definition) is 7. The van der Waals surface area contributed by atoms with Crippen molar-refractivity contribution in [3.05, 3.63) is 35.6 Å². The van der Waals surface area contributed by atoms with Gasteiger partial charge in [0.05, 0.1) is 16.9 Å². The summed E-state index contributed by atoms with van der Waals surface area (Å²) in [5.74, 6) is -1.39. The summed E-state index contributed by atoms with van der Waals surface area (Å²) in [6, 6.07) is 5.79. The lowest BCUT2D eigenvalue weighted by Gasteiger charge is -2.22. The van der Waals surface area contributed by atoms with Gasteiger partial charge in [-0.25, -0.2) is 9.37 Å². The van der Waals surface area contributed by atoms with E-state index in [1.807, 2.05) is 13.8 Å². The van der Waals surface area contributed by atoms with Gasteiger partial charge in [0.2, 0.25) is 0 Å². The van der Waals surface area contributed by atoms with Crippen molar-refractivity contribution in [2.24, 2.45) is 21.5 Å². The van der Waals surface area contributed by atoms with Gasteiger partial charge < -0.3 is 22.1 Å². The highest BCUT2D eigenvalue weighted by atomic mass is 19.1. The molecule has 6 N–H and O–H groups in total. The second-order valence-electron chi connectivity index (χ2n) is 6.47. The molecule has 1 aromatic heterocycles. The van der Waals surface area contributed by atoms with Crippen LogP contribution in [-0.4, -0.2) is 35.9 Å². The highest BCUT2D eigenvalue weighted by molar-refractivity contribution is 5.98. The topological polar surface area (TPSA) is 131 Å². The van der Waals surface area contributed by atoms with Crippen LogP contribution in [0.1, 0.15) is 37.6 Å². The Morgan fingerprint density at radius 2 is 2.07 bits per heavy atom. The number of nitrogens with two attached hydrogens (primary N) is 2.